The third kappa shape index (κ3) is 4.40. The van der Waals surface area contributed by atoms with Gasteiger partial charge < -0.3 is 5.32 Å². The molecule has 0 bridgehead atoms. The Kier molecular flexibility index (Phi) is 5.73. The van der Waals surface area contributed by atoms with Crippen LogP contribution in [0.15, 0.2) is 16.1 Å². The number of hydrogen-bond acceptors (Lipinski definition) is 2. The lowest BCUT2D eigenvalue weighted by Gasteiger charge is -2.09. The van der Waals surface area contributed by atoms with E-state index in [1.807, 2.05) is 11.3 Å². The minimum Gasteiger partial charge on any atom is -0.311 e. The molecule has 0 aliphatic rings. The van der Waals surface area contributed by atoms with Gasteiger partial charge in [-0.3, -0.25) is 0 Å². The van der Waals surface area contributed by atoms with Crippen LogP contribution in [-0.2, 0) is 0 Å². The van der Waals surface area contributed by atoms with Gasteiger partial charge in [-0.25, -0.2) is 0 Å². The standard InChI is InChI=1S/C13H20BrNS/c1-5-11(8-15-9(2)3)6-12-7-13(14)10(4)16-12/h6-7,9,15H,5,8H2,1-4H3. The molecule has 1 heterocycles. The number of nitrogens with one attached hydrogen (secondary N) is 1. The summed E-state index contributed by atoms with van der Waals surface area (Å²) in [6, 6.07) is 2.75. The van der Waals surface area contributed by atoms with Gasteiger partial charge in [-0.05, 0) is 41.4 Å². The maximum atomic E-state index is 3.56. The molecule has 1 nitrogen and oxygen atoms in total. The number of rotatable bonds is 5. The fraction of sp³-hybridized carbons (Fsp3) is 0.538. The average Bonchev–Trinajstić information content (AvgIpc) is 2.52. The van der Waals surface area contributed by atoms with E-state index >= 15 is 0 Å². The second kappa shape index (κ2) is 6.58. The lowest BCUT2D eigenvalue weighted by Crippen LogP contribution is -2.24. The fourth-order valence-electron chi connectivity index (χ4n) is 1.37. The van der Waals surface area contributed by atoms with Crippen LogP contribution in [0.25, 0.3) is 6.08 Å². The van der Waals surface area contributed by atoms with Crippen LogP contribution in [0.4, 0.5) is 0 Å². The van der Waals surface area contributed by atoms with Crippen molar-refractivity contribution < 1.29 is 0 Å². The number of halogens is 1. The van der Waals surface area contributed by atoms with E-state index in [4.69, 9.17) is 0 Å². The zero-order valence-corrected chi connectivity index (χ0v) is 12.8. The van der Waals surface area contributed by atoms with E-state index in [0.717, 1.165) is 13.0 Å². The zero-order valence-electron chi connectivity index (χ0n) is 10.4. The van der Waals surface area contributed by atoms with Crippen LogP contribution in [0.2, 0.25) is 0 Å². The molecule has 0 saturated carbocycles. The van der Waals surface area contributed by atoms with Gasteiger partial charge in [-0.15, -0.1) is 11.3 Å². The molecule has 0 atom stereocenters. The summed E-state index contributed by atoms with van der Waals surface area (Å²) in [6.45, 7) is 9.70. The van der Waals surface area contributed by atoms with Gasteiger partial charge in [0.2, 0.25) is 0 Å². The molecule has 0 spiro atoms. The smallest absolute Gasteiger partial charge is 0.0317 e. The predicted octanol–water partition coefficient (Wildman–Crippen LogP) is 4.61. The highest BCUT2D eigenvalue weighted by Crippen LogP contribution is 2.28. The van der Waals surface area contributed by atoms with E-state index in [0.29, 0.717) is 6.04 Å². The molecule has 0 saturated heterocycles. The molecule has 1 aromatic heterocycles. The Morgan fingerprint density at radius 1 is 1.56 bits per heavy atom. The van der Waals surface area contributed by atoms with Gasteiger partial charge in [-0.1, -0.05) is 26.3 Å². The lowest BCUT2D eigenvalue weighted by molar-refractivity contribution is 0.617. The maximum absolute atomic E-state index is 3.56. The second-order valence-electron chi connectivity index (χ2n) is 4.24. The third-order valence-electron chi connectivity index (χ3n) is 2.41. The molecule has 0 aliphatic heterocycles. The lowest BCUT2D eigenvalue weighted by atomic mass is 10.1. The first kappa shape index (κ1) is 13.9. The molecule has 0 unspecified atom stereocenters. The van der Waals surface area contributed by atoms with Crippen LogP contribution in [0, 0.1) is 6.92 Å². The molecule has 0 aromatic carbocycles. The molecular formula is C13H20BrNS. The summed E-state index contributed by atoms with van der Waals surface area (Å²) in [5.41, 5.74) is 1.46. The van der Waals surface area contributed by atoms with E-state index < -0.39 is 0 Å². The van der Waals surface area contributed by atoms with E-state index in [-0.39, 0.29) is 0 Å². The molecule has 3 heteroatoms. The summed E-state index contributed by atoms with van der Waals surface area (Å²) in [4.78, 5) is 2.69. The molecule has 16 heavy (non-hydrogen) atoms. The van der Waals surface area contributed by atoms with Crippen LogP contribution in [0.5, 0.6) is 0 Å². The van der Waals surface area contributed by atoms with Crippen molar-refractivity contribution in [2.24, 2.45) is 0 Å². The highest BCUT2D eigenvalue weighted by Gasteiger charge is 2.02. The zero-order chi connectivity index (χ0) is 12.1. The van der Waals surface area contributed by atoms with E-state index in [1.54, 1.807) is 0 Å². The Labute approximate surface area is 111 Å². The van der Waals surface area contributed by atoms with Crippen molar-refractivity contribution in [2.45, 2.75) is 40.2 Å². The normalized spacial score (nSPS) is 12.5. The molecule has 1 N–H and O–H groups in total. The van der Waals surface area contributed by atoms with Crippen molar-refractivity contribution in [2.75, 3.05) is 6.54 Å². The minimum atomic E-state index is 0.548. The Balaban J connectivity index is 2.71. The van der Waals surface area contributed by atoms with Gasteiger partial charge in [0.1, 0.15) is 0 Å². The van der Waals surface area contributed by atoms with Crippen LogP contribution >= 0.6 is 27.3 Å². The summed E-state index contributed by atoms with van der Waals surface area (Å²) >= 11 is 5.40. The maximum Gasteiger partial charge on any atom is 0.0317 e. The Hall–Kier alpha value is -0.120. The van der Waals surface area contributed by atoms with Crippen LogP contribution in [0.3, 0.4) is 0 Å². The first-order valence-corrected chi connectivity index (χ1v) is 7.32. The van der Waals surface area contributed by atoms with Crippen LogP contribution < -0.4 is 5.32 Å². The van der Waals surface area contributed by atoms with Gasteiger partial charge in [0, 0.05) is 26.8 Å². The van der Waals surface area contributed by atoms with E-state index in [2.05, 4.69) is 61.1 Å². The highest BCUT2D eigenvalue weighted by molar-refractivity contribution is 9.10. The van der Waals surface area contributed by atoms with Crippen molar-refractivity contribution >= 4 is 33.3 Å². The molecule has 0 fully saturated rings. The molecule has 0 aliphatic carbocycles. The Morgan fingerprint density at radius 2 is 2.25 bits per heavy atom. The summed E-state index contributed by atoms with van der Waals surface area (Å²) < 4.78 is 1.22. The second-order valence-corrected chi connectivity index (χ2v) is 6.39. The summed E-state index contributed by atoms with van der Waals surface area (Å²) in [7, 11) is 0. The average molecular weight is 302 g/mol. The topological polar surface area (TPSA) is 12.0 Å². The molecule has 1 aromatic rings. The number of hydrogen-bond donors (Lipinski definition) is 1. The summed E-state index contributed by atoms with van der Waals surface area (Å²) in [6.07, 6.45) is 3.41. The fourth-order valence-corrected chi connectivity index (χ4v) is 2.92. The predicted molar refractivity (Wildman–Crippen MR) is 78.2 cm³/mol. The number of aryl methyl sites for hydroxylation is 1. The quantitative estimate of drug-likeness (QED) is 0.837. The molecule has 0 radical (unpaired) electrons. The van der Waals surface area contributed by atoms with Crippen molar-refractivity contribution in [3.63, 3.8) is 0 Å². The highest BCUT2D eigenvalue weighted by atomic mass is 79.9. The minimum absolute atomic E-state index is 0.548. The summed E-state index contributed by atoms with van der Waals surface area (Å²) in [5, 5.41) is 3.46. The van der Waals surface area contributed by atoms with E-state index in [1.165, 1.54) is 19.8 Å². The monoisotopic (exact) mass is 301 g/mol. The van der Waals surface area contributed by atoms with Crippen molar-refractivity contribution in [1.29, 1.82) is 0 Å². The molecule has 90 valence electrons. The van der Waals surface area contributed by atoms with Gasteiger partial charge >= 0.3 is 0 Å². The van der Waals surface area contributed by atoms with E-state index in [9.17, 15) is 0 Å². The third-order valence-corrected chi connectivity index (χ3v) is 4.50. The van der Waals surface area contributed by atoms with Crippen LogP contribution in [0.1, 0.15) is 36.9 Å². The first-order chi connectivity index (χ1) is 7.52. The van der Waals surface area contributed by atoms with Crippen LogP contribution in [-0.4, -0.2) is 12.6 Å². The van der Waals surface area contributed by atoms with Gasteiger partial charge in [0.05, 0.1) is 0 Å². The molecule has 0 amide bonds. The molecule has 1 rings (SSSR count). The van der Waals surface area contributed by atoms with Crippen molar-refractivity contribution in [3.05, 3.63) is 25.9 Å². The van der Waals surface area contributed by atoms with Gasteiger partial charge in [-0.2, -0.15) is 0 Å². The van der Waals surface area contributed by atoms with Gasteiger partial charge in [0.15, 0.2) is 0 Å². The molecular weight excluding hydrogens is 282 g/mol. The Morgan fingerprint density at radius 3 is 2.69 bits per heavy atom. The SMILES string of the molecule is CCC(=Cc1cc(Br)c(C)s1)CNC(C)C. The van der Waals surface area contributed by atoms with Crippen molar-refractivity contribution in [3.8, 4) is 0 Å². The Bertz CT molecular complexity index is 347. The largest absolute Gasteiger partial charge is 0.311 e. The van der Waals surface area contributed by atoms with Gasteiger partial charge in [0.25, 0.3) is 0 Å². The van der Waals surface area contributed by atoms with Crippen molar-refractivity contribution in [1.82, 2.24) is 5.32 Å². The first-order valence-electron chi connectivity index (χ1n) is 5.71. The number of thiophene rings is 1. The summed E-state index contributed by atoms with van der Waals surface area (Å²) in [5.74, 6) is 0.